The highest BCUT2D eigenvalue weighted by Crippen LogP contribution is 2.24. The molecule has 2 aromatic carbocycles. The SMILES string of the molecule is O=C(CCNS(=O)(=O)c1ccc(OC(F)(F)F)cc1)N1CCN(c2ccccc2)CC1. The van der Waals surface area contributed by atoms with Crippen LogP contribution >= 0.6 is 0 Å². The van der Waals surface area contributed by atoms with Crippen LogP contribution in [0.2, 0.25) is 0 Å². The van der Waals surface area contributed by atoms with Gasteiger partial charge in [0.2, 0.25) is 15.9 Å². The predicted molar refractivity (Wildman–Crippen MR) is 108 cm³/mol. The number of rotatable bonds is 7. The number of piperazine rings is 1. The maximum absolute atomic E-state index is 12.4. The van der Waals surface area contributed by atoms with Crippen LogP contribution in [-0.2, 0) is 14.8 Å². The number of para-hydroxylation sites is 1. The number of benzene rings is 2. The number of carbonyl (C=O) groups excluding carboxylic acids is 1. The third kappa shape index (κ3) is 6.59. The van der Waals surface area contributed by atoms with Crippen molar-refractivity contribution in [2.24, 2.45) is 0 Å². The summed E-state index contributed by atoms with van der Waals surface area (Å²) in [5.41, 5.74) is 1.09. The van der Waals surface area contributed by atoms with Gasteiger partial charge in [-0.2, -0.15) is 0 Å². The molecule has 0 aliphatic carbocycles. The number of nitrogens with one attached hydrogen (secondary N) is 1. The smallest absolute Gasteiger partial charge is 0.406 e. The molecule has 0 unspecified atom stereocenters. The molecule has 1 aliphatic heterocycles. The lowest BCUT2D eigenvalue weighted by molar-refractivity contribution is -0.274. The number of hydrogen-bond donors (Lipinski definition) is 1. The molecule has 1 heterocycles. The van der Waals surface area contributed by atoms with E-state index >= 15 is 0 Å². The fraction of sp³-hybridized carbons (Fsp3) is 0.350. The molecule has 0 spiro atoms. The second-order valence-corrected chi connectivity index (χ2v) is 8.64. The van der Waals surface area contributed by atoms with E-state index < -0.39 is 22.1 Å². The van der Waals surface area contributed by atoms with Gasteiger partial charge in [0.1, 0.15) is 5.75 Å². The van der Waals surface area contributed by atoms with Crippen LogP contribution in [0.3, 0.4) is 0 Å². The van der Waals surface area contributed by atoms with Gasteiger partial charge in [-0.05, 0) is 36.4 Å². The molecule has 1 amide bonds. The Morgan fingerprint density at radius 2 is 1.58 bits per heavy atom. The first-order chi connectivity index (χ1) is 14.6. The van der Waals surface area contributed by atoms with Crippen molar-refractivity contribution in [1.29, 1.82) is 0 Å². The second kappa shape index (κ2) is 9.56. The minimum Gasteiger partial charge on any atom is -0.406 e. The fourth-order valence-electron chi connectivity index (χ4n) is 3.21. The number of alkyl halides is 3. The van der Waals surface area contributed by atoms with Gasteiger partial charge >= 0.3 is 6.36 Å². The van der Waals surface area contributed by atoms with E-state index in [1.165, 1.54) is 0 Å². The first-order valence-corrected chi connectivity index (χ1v) is 11.1. The highest BCUT2D eigenvalue weighted by atomic mass is 32.2. The fourth-order valence-corrected chi connectivity index (χ4v) is 4.24. The highest BCUT2D eigenvalue weighted by molar-refractivity contribution is 7.89. The normalized spacial score (nSPS) is 15.1. The van der Waals surface area contributed by atoms with E-state index in [1.807, 2.05) is 30.3 Å². The Labute approximate surface area is 178 Å². The molecule has 2 aromatic rings. The quantitative estimate of drug-likeness (QED) is 0.692. The molecule has 7 nitrogen and oxygen atoms in total. The second-order valence-electron chi connectivity index (χ2n) is 6.87. The Balaban J connectivity index is 1.45. The molecule has 3 rings (SSSR count). The summed E-state index contributed by atoms with van der Waals surface area (Å²) in [6.07, 6.45) is -4.87. The van der Waals surface area contributed by atoms with Crippen LogP contribution in [-0.4, -0.2) is 58.3 Å². The standard InChI is InChI=1S/C20H22F3N3O4S/c21-20(22,23)30-17-6-8-18(9-7-17)31(28,29)24-11-10-19(27)26-14-12-25(13-15-26)16-4-2-1-3-5-16/h1-9,24H,10-15H2. The number of ether oxygens (including phenoxy) is 1. The molecule has 1 fully saturated rings. The van der Waals surface area contributed by atoms with Crippen molar-refractivity contribution in [3.8, 4) is 5.75 Å². The number of carbonyl (C=O) groups is 1. The summed E-state index contributed by atoms with van der Waals surface area (Å²) >= 11 is 0. The molecule has 0 radical (unpaired) electrons. The van der Waals surface area contributed by atoms with Crippen LogP contribution in [0, 0.1) is 0 Å². The molecule has 0 aromatic heterocycles. The third-order valence-corrected chi connectivity index (χ3v) is 6.23. The summed E-state index contributed by atoms with van der Waals surface area (Å²) in [4.78, 5) is 16.0. The van der Waals surface area contributed by atoms with E-state index in [-0.39, 0.29) is 23.8 Å². The maximum Gasteiger partial charge on any atom is 0.573 e. The van der Waals surface area contributed by atoms with Gasteiger partial charge in [0.15, 0.2) is 0 Å². The van der Waals surface area contributed by atoms with Crippen molar-refractivity contribution in [3.63, 3.8) is 0 Å². The molecular weight excluding hydrogens is 435 g/mol. The molecule has 0 atom stereocenters. The Morgan fingerprint density at radius 3 is 2.16 bits per heavy atom. The summed E-state index contributed by atoms with van der Waals surface area (Å²) in [5.74, 6) is -0.680. The van der Waals surface area contributed by atoms with E-state index in [0.29, 0.717) is 26.2 Å². The average molecular weight is 457 g/mol. The zero-order valence-electron chi connectivity index (χ0n) is 16.5. The zero-order valence-corrected chi connectivity index (χ0v) is 17.3. The minimum absolute atomic E-state index is 0.0141. The van der Waals surface area contributed by atoms with Gasteiger partial charge in [-0.3, -0.25) is 4.79 Å². The first-order valence-electron chi connectivity index (χ1n) is 9.57. The summed E-state index contributed by atoms with van der Waals surface area (Å²) in [6.45, 7) is 2.35. The minimum atomic E-state index is -4.86. The van der Waals surface area contributed by atoms with Crippen LogP contribution in [0.5, 0.6) is 5.75 Å². The lowest BCUT2D eigenvalue weighted by atomic mass is 10.2. The summed E-state index contributed by atoms with van der Waals surface area (Å²) in [6, 6.07) is 13.7. The number of nitrogens with zero attached hydrogens (tertiary/aromatic N) is 2. The molecule has 0 bridgehead atoms. The summed E-state index contributed by atoms with van der Waals surface area (Å²) in [7, 11) is -3.96. The van der Waals surface area contributed by atoms with Gasteiger partial charge in [0.25, 0.3) is 0 Å². The van der Waals surface area contributed by atoms with Gasteiger partial charge in [0.05, 0.1) is 4.90 Å². The van der Waals surface area contributed by atoms with E-state index in [2.05, 4.69) is 14.4 Å². The van der Waals surface area contributed by atoms with Gasteiger partial charge in [0, 0.05) is 44.8 Å². The van der Waals surface area contributed by atoms with Crippen molar-refractivity contribution in [3.05, 3.63) is 54.6 Å². The van der Waals surface area contributed by atoms with E-state index in [0.717, 1.165) is 30.0 Å². The van der Waals surface area contributed by atoms with Crippen LogP contribution in [0.1, 0.15) is 6.42 Å². The molecule has 1 saturated heterocycles. The molecule has 168 valence electrons. The van der Waals surface area contributed by atoms with Crippen molar-refractivity contribution in [2.75, 3.05) is 37.6 Å². The third-order valence-electron chi connectivity index (χ3n) is 4.75. The monoisotopic (exact) mass is 457 g/mol. The molecular formula is C20H22F3N3O4S. The van der Waals surface area contributed by atoms with Crippen LogP contribution in [0.25, 0.3) is 0 Å². The van der Waals surface area contributed by atoms with E-state index in [4.69, 9.17) is 0 Å². The van der Waals surface area contributed by atoms with Gasteiger partial charge in [-0.25, -0.2) is 13.1 Å². The van der Waals surface area contributed by atoms with E-state index in [1.54, 1.807) is 4.90 Å². The molecule has 1 N–H and O–H groups in total. The maximum atomic E-state index is 12.4. The zero-order chi connectivity index (χ0) is 22.5. The summed E-state index contributed by atoms with van der Waals surface area (Å²) < 4.78 is 67.1. The van der Waals surface area contributed by atoms with Crippen molar-refractivity contribution < 1.29 is 31.1 Å². The van der Waals surface area contributed by atoms with Crippen LogP contribution in [0.4, 0.5) is 18.9 Å². The number of anilines is 1. The Hall–Kier alpha value is -2.79. The van der Waals surface area contributed by atoms with Crippen molar-refractivity contribution in [2.45, 2.75) is 17.7 Å². The lowest BCUT2D eigenvalue weighted by Crippen LogP contribution is -2.49. The number of halogens is 3. The van der Waals surface area contributed by atoms with Gasteiger partial charge in [-0.15, -0.1) is 13.2 Å². The average Bonchev–Trinajstić information content (AvgIpc) is 2.73. The lowest BCUT2D eigenvalue weighted by Gasteiger charge is -2.36. The molecule has 0 saturated carbocycles. The largest absolute Gasteiger partial charge is 0.573 e. The Bertz CT molecular complexity index is 975. The predicted octanol–water partition coefficient (Wildman–Crippen LogP) is 2.60. The highest BCUT2D eigenvalue weighted by Gasteiger charge is 2.31. The van der Waals surface area contributed by atoms with Crippen LogP contribution in [0.15, 0.2) is 59.5 Å². The Morgan fingerprint density at radius 1 is 0.968 bits per heavy atom. The van der Waals surface area contributed by atoms with Gasteiger partial charge < -0.3 is 14.5 Å². The van der Waals surface area contributed by atoms with Gasteiger partial charge in [-0.1, -0.05) is 18.2 Å². The number of sulfonamides is 1. The first kappa shape index (κ1) is 22.9. The molecule has 11 heteroatoms. The number of amides is 1. The van der Waals surface area contributed by atoms with Crippen molar-refractivity contribution in [1.82, 2.24) is 9.62 Å². The topological polar surface area (TPSA) is 78.9 Å². The van der Waals surface area contributed by atoms with Crippen molar-refractivity contribution >= 4 is 21.6 Å². The van der Waals surface area contributed by atoms with Crippen LogP contribution < -0.4 is 14.4 Å². The summed E-state index contributed by atoms with van der Waals surface area (Å²) in [5, 5.41) is 0. The van der Waals surface area contributed by atoms with E-state index in [9.17, 15) is 26.4 Å². The number of hydrogen-bond acceptors (Lipinski definition) is 5. The Kier molecular flexibility index (Phi) is 7.06. The molecule has 1 aliphatic rings. The molecule has 31 heavy (non-hydrogen) atoms.